The molecule has 0 bridgehead atoms. The number of rotatable bonds is 5. The molecule has 1 aromatic carbocycles. The largest absolute Gasteiger partial charge is 0.412 e. The summed E-state index contributed by atoms with van der Waals surface area (Å²) in [5, 5.41) is 5.46. The molecule has 0 saturated heterocycles. The summed E-state index contributed by atoms with van der Waals surface area (Å²) in [7, 11) is 0. The van der Waals surface area contributed by atoms with Crippen molar-refractivity contribution in [2.75, 3.05) is 5.32 Å². The van der Waals surface area contributed by atoms with Crippen LogP contribution in [0, 0.1) is 0 Å². The lowest BCUT2D eigenvalue weighted by molar-refractivity contribution is -0.124. The van der Waals surface area contributed by atoms with E-state index in [1.807, 2.05) is 0 Å². The van der Waals surface area contributed by atoms with Crippen molar-refractivity contribution >= 4 is 23.5 Å². The lowest BCUT2D eigenvalue weighted by atomic mass is 9.96. The molecule has 6 nitrogen and oxygen atoms in total. The maximum atomic E-state index is 11.9. The molecular formula is C17H22N2O4. The van der Waals surface area contributed by atoms with Crippen molar-refractivity contribution in [1.29, 1.82) is 0 Å². The van der Waals surface area contributed by atoms with Gasteiger partial charge in [0.05, 0.1) is 6.42 Å². The minimum Gasteiger partial charge on any atom is -0.410 e. The molecule has 0 heterocycles. The average molecular weight is 318 g/mol. The number of nitrogens with one attached hydrogen (secondary N) is 2. The Morgan fingerprint density at radius 1 is 1.17 bits per heavy atom. The molecule has 0 aliphatic heterocycles. The van der Waals surface area contributed by atoms with E-state index in [4.69, 9.17) is 4.74 Å². The number of ether oxygens (including phenoxy) is 1. The zero-order valence-corrected chi connectivity index (χ0v) is 13.3. The summed E-state index contributed by atoms with van der Waals surface area (Å²) in [5.74, 6) is -0.248. The number of ketones is 1. The monoisotopic (exact) mass is 318 g/mol. The quantitative estimate of drug-likeness (QED) is 0.817. The Balaban J connectivity index is 1.87. The molecule has 1 aromatic rings. The first-order valence-corrected chi connectivity index (χ1v) is 7.90. The third-order valence-corrected chi connectivity index (χ3v) is 3.66. The molecule has 23 heavy (non-hydrogen) atoms. The number of carbonyl (C=O) groups is 3. The van der Waals surface area contributed by atoms with Crippen LogP contribution in [-0.2, 0) is 9.59 Å². The first kappa shape index (κ1) is 17.0. The van der Waals surface area contributed by atoms with E-state index in [1.54, 1.807) is 24.3 Å². The SMILES string of the molecule is CC(=O)CC(=O)Nc1cccc(OC(=O)NC2CCCCC2)c1. The van der Waals surface area contributed by atoms with Crippen LogP contribution in [-0.4, -0.2) is 23.8 Å². The topological polar surface area (TPSA) is 84.5 Å². The molecule has 2 N–H and O–H groups in total. The van der Waals surface area contributed by atoms with Crippen LogP contribution in [0.1, 0.15) is 45.4 Å². The summed E-state index contributed by atoms with van der Waals surface area (Å²) >= 11 is 0. The van der Waals surface area contributed by atoms with E-state index in [1.165, 1.54) is 13.3 Å². The number of Topliss-reactive ketones (excluding diaryl/α,β-unsaturated/α-hetero) is 1. The van der Waals surface area contributed by atoms with E-state index in [0.29, 0.717) is 11.4 Å². The highest BCUT2D eigenvalue weighted by molar-refractivity contribution is 6.03. The van der Waals surface area contributed by atoms with Crippen LogP contribution >= 0.6 is 0 Å². The fourth-order valence-corrected chi connectivity index (χ4v) is 2.62. The van der Waals surface area contributed by atoms with E-state index in [-0.39, 0.29) is 24.2 Å². The first-order chi connectivity index (χ1) is 11.0. The molecule has 6 heteroatoms. The Kier molecular flexibility index (Phi) is 6.14. The van der Waals surface area contributed by atoms with Crippen LogP contribution in [0.15, 0.2) is 24.3 Å². The van der Waals surface area contributed by atoms with Gasteiger partial charge in [-0.1, -0.05) is 25.3 Å². The Hall–Kier alpha value is -2.37. The van der Waals surface area contributed by atoms with Gasteiger partial charge in [-0.3, -0.25) is 9.59 Å². The van der Waals surface area contributed by atoms with E-state index >= 15 is 0 Å². The molecule has 0 unspecified atom stereocenters. The maximum Gasteiger partial charge on any atom is 0.412 e. The number of benzene rings is 1. The zero-order valence-electron chi connectivity index (χ0n) is 13.3. The van der Waals surface area contributed by atoms with Crippen LogP contribution < -0.4 is 15.4 Å². The zero-order chi connectivity index (χ0) is 16.7. The summed E-state index contributed by atoms with van der Waals surface area (Å²) in [6.45, 7) is 1.36. The highest BCUT2D eigenvalue weighted by Gasteiger charge is 2.16. The molecule has 0 radical (unpaired) electrons. The number of hydrogen-bond donors (Lipinski definition) is 2. The van der Waals surface area contributed by atoms with Crippen LogP contribution in [0.25, 0.3) is 0 Å². The van der Waals surface area contributed by atoms with Gasteiger partial charge in [-0.2, -0.15) is 0 Å². The number of hydrogen-bond acceptors (Lipinski definition) is 4. The smallest absolute Gasteiger partial charge is 0.410 e. The van der Waals surface area contributed by atoms with Crippen molar-refractivity contribution in [3.63, 3.8) is 0 Å². The summed E-state index contributed by atoms with van der Waals surface area (Å²) in [6.07, 6.45) is 4.78. The second-order valence-corrected chi connectivity index (χ2v) is 5.82. The Bertz CT molecular complexity index is 580. The normalized spacial score (nSPS) is 14.8. The molecule has 2 amide bonds. The van der Waals surface area contributed by atoms with Crippen LogP contribution in [0.5, 0.6) is 5.75 Å². The molecule has 1 saturated carbocycles. The van der Waals surface area contributed by atoms with Gasteiger partial charge in [0, 0.05) is 17.8 Å². The minimum atomic E-state index is -0.482. The van der Waals surface area contributed by atoms with Crippen molar-refractivity contribution in [2.24, 2.45) is 0 Å². The molecule has 0 spiro atoms. The second-order valence-electron chi connectivity index (χ2n) is 5.82. The summed E-state index contributed by atoms with van der Waals surface area (Å²) in [5.41, 5.74) is 0.485. The van der Waals surface area contributed by atoms with Gasteiger partial charge in [0.1, 0.15) is 11.5 Å². The highest BCUT2D eigenvalue weighted by atomic mass is 16.6. The van der Waals surface area contributed by atoms with Crippen LogP contribution in [0.3, 0.4) is 0 Å². The maximum absolute atomic E-state index is 11.9. The molecule has 1 fully saturated rings. The summed E-state index contributed by atoms with van der Waals surface area (Å²) < 4.78 is 5.25. The minimum absolute atomic E-state index is 0.173. The predicted molar refractivity (Wildman–Crippen MR) is 86.4 cm³/mol. The van der Waals surface area contributed by atoms with Crippen LogP contribution in [0.4, 0.5) is 10.5 Å². The average Bonchev–Trinajstić information content (AvgIpc) is 2.47. The lowest BCUT2D eigenvalue weighted by Crippen LogP contribution is -2.38. The van der Waals surface area contributed by atoms with Gasteiger partial charge in [0.15, 0.2) is 0 Å². The Morgan fingerprint density at radius 3 is 2.61 bits per heavy atom. The first-order valence-electron chi connectivity index (χ1n) is 7.90. The highest BCUT2D eigenvalue weighted by Crippen LogP contribution is 2.20. The summed E-state index contributed by atoms with van der Waals surface area (Å²) in [4.78, 5) is 34.4. The number of anilines is 1. The third kappa shape index (κ3) is 6.10. The molecule has 1 aliphatic rings. The van der Waals surface area contributed by atoms with Gasteiger partial charge in [0.25, 0.3) is 0 Å². The number of amides is 2. The van der Waals surface area contributed by atoms with Crippen LogP contribution in [0.2, 0.25) is 0 Å². The Morgan fingerprint density at radius 2 is 1.91 bits per heavy atom. The van der Waals surface area contributed by atoms with E-state index in [2.05, 4.69) is 10.6 Å². The van der Waals surface area contributed by atoms with Crippen molar-refractivity contribution in [3.05, 3.63) is 24.3 Å². The summed E-state index contributed by atoms with van der Waals surface area (Å²) in [6, 6.07) is 6.71. The standard InChI is InChI=1S/C17H22N2O4/c1-12(20)10-16(21)18-14-8-5-9-15(11-14)23-17(22)19-13-6-3-2-4-7-13/h5,8-9,11,13H,2-4,6-7,10H2,1H3,(H,18,21)(H,19,22). The molecule has 124 valence electrons. The van der Waals surface area contributed by atoms with E-state index in [9.17, 15) is 14.4 Å². The molecule has 0 atom stereocenters. The fourth-order valence-electron chi connectivity index (χ4n) is 2.62. The number of carbonyl (C=O) groups excluding carboxylic acids is 3. The molecule has 1 aliphatic carbocycles. The van der Waals surface area contributed by atoms with Gasteiger partial charge in [-0.25, -0.2) is 4.79 Å². The lowest BCUT2D eigenvalue weighted by Gasteiger charge is -2.22. The van der Waals surface area contributed by atoms with Gasteiger partial charge in [-0.15, -0.1) is 0 Å². The van der Waals surface area contributed by atoms with Crippen molar-refractivity contribution in [1.82, 2.24) is 5.32 Å². The van der Waals surface area contributed by atoms with Gasteiger partial charge < -0.3 is 15.4 Å². The molecule has 0 aromatic heterocycles. The molecule has 2 rings (SSSR count). The van der Waals surface area contributed by atoms with Gasteiger partial charge in [0.2, 0.25) is 5.91 Å². The predicted octanol–water partition coefficient (Wildman–Crippen LogP) is 3.03. The van der Waals surface area contributed by atoms with Gasteiger partial charge in [-0.05, 0) is 31.9 Å². The van der Waals surface area contributed by atoms with E-state index in [0.717, 1.165) is 25.7 Å². The fraction of sp³-hybridized carbons (Fsp3) is 0.471. The van der Waals surface area contributed by atoms with E-state index < -0.39 is 6.09 Å². The molecular weight excluding hydrogens is 296 g/mol. The second kappa shape index (κ2) is 8.31. The Labute approximate surface area is 135 Å². The van der Waals surface area contributed by atoms with Crippen molar-refractivity contribution in [2.45, 2.75) is 51.5 Å². The third-order valence-electron chi connectivity index (χ3n) is 3.66. The van der Waals surface area contributed by atoms with Crippen molar-refractivity contribution in [3.8, 4) is 5.75 Å². The van der Waals surface area contributed by atoms with Crippen molar-refractivity contribution < 1.29 is 19.1 Å². The van der Waals surface area contributed by atoms with Gasteiger partial charge >= 0.3 is 6.09 Å².